The number of nitrogens with one attached hydrogen (secondary N) is 1. The summed E-state index contributed by atoms with van der Waals surface area (Å²) in [6.07, 6.45) is 0. The van der Waals surface area contributed by atoms with E-state index in [1.165, 1.54) is 11.1 Å². The zero-order valence-corrected chi connectivity index (χ0v) is 16.6. The molecule has 2 aromatic carbocycles. The van der Waals surface area contributed by atoms with Crippen LogP contribution in [0.5, 0.6) is 0 Å². The van der Waals surface area contributed by atoms with Crippen LogP contribution in [0, 0.1) is 6.92 Å². The van der Waals surface area contributed by atoms with E-state index in [9.17, 15) is 4.79 Å². The molecule has 2 amide bonds. The first-order valence-corrected chi connectivity index (χ1v) is 9.58. The van der Waals surface area contributed by atoms with Gasteiger partial charge in [-0.15, -0.1) is 0 Å². The lowest BCUT2D eigenvalue weighted by Gasteiger charge is -2.34. The molecule has 1 aliphatic rings. The number of nitrogens with zero attached hydrogens (tertiary/aromatic N) is 3. The Balaban J connectivity index is 1.45. The van der Waals surface area contributed by atoms with Gasteiger partial charge in [0.25, 0.3) is 0 Å². The van der Waals surface area contributed by atoms with Crippen LogP contribution in [0.4, 0.5) is 10.5 Å². The number of urea groups is 1. The molecule has 0 spiro atoms. The summed E-state index contributed by atoms with van der Waals surface area (Å²) in [7, 11) is 4.04. The van der Waals surface area contributed by atoms with Crippen molar-refractivity contribution >= 4 is 11.7 Å². The fraction of sp³-hybridized carbons (Fsp3) is 0.409. The summed E-state index contributed by atoms with van der Waals surface area (Å²) in [4.78, 5) is 18.9. The first-order chi connectivity index (χ1) is 13.0. The van der Waals surface area contributed by atoms with Crippen molar-refractivity contribution in [2.24, 2.45) is 0 Å². The summed E-state index contributed by atoms with van der Waals surface area (Å²) in [6.45, 7) is 7.01. The second-order valence-electron chi connectivity index (χ2n) is 7.48. The highest BCUT2D eigenvalue weighted by Crippen LogP contribution is 2.14. The maximum absolute atomic E-state index is 12.5. The lowest BCUT2D eigenvalue weighted by Crippen LogP contribution is -2.51. The van der Waals surface area contributed by atoms with Crippen LogP contribution in [0.3, 0.4) is 0 Å². The van der Waals surface area contributed by atoms with E-state index in [-0.39, 0.29) is 6.03 Å². The molecule has 5 nitrogen and oxygen atoms in total. The van der Waals surface area contributed by atoms with Gasteiger partial charge in [-0.1, -0.05) is 42.0 Å². The predicted molar refractivity (Wildman–Crippen MR) is 111 cm³/mol. The molecule has 0 bridgehead atoms. The van der Waals surface area contributed by atoms with E-state index in [0.717, 1.165) is 44.0 Å². The largest absolute Gasteiger partial charge is 0.378 e. The van der Waals surface area contributed by atoms with Crippen LogP contribution >= 0.6 is 0 Å². The number of aryl methyl sites for hydroxylation is 1. The maximum Gasteiger partial charge on any atom is 0.317 e. The molecule has 0 atom stereocenters. The smallest absolute Gasteiger partial charge is 0.317 e. The lowest BCUT2D eigenvalue weighted by atomic mass is 10.1. The average molecular weight is 367 g/mol. The number of amides is 2. The highest BCUT2D eigenvalue weighted by atomic mass is 16.2. The Hall–Kier alpha value is -2.53. The second kappa shape index (κ2) is 8.91. The minimum Gasteiger partial charge on any atom is -0.378 e. The number of piperazine rings is 1. The van der Waals surface area contributed by atoms with Gasteiger partial charge in [-0.25, -0.2) is 4.79 Å². The quantitative estimate of drug-likeness (QED) is 0.884. The summed E-state index contributed by atoms with van der Waals surface area (Å²) >= 11 is 0. The van der Waals surface area contributed by atoms with Crippen molar-refractivity contribution in [1.29, 1.82) is 0 Å². The van der Waals surface area contributed by atoms with Crippen LogP contribution in [0.15, 0.2) is 48.5 Å². The van der Waals surface area contributed by atoms with E-state index in [1.807, 2.05) is 31.1 Å². The van der Waals surface area contributed by atoms with Crippen molar-refractivity contribution in [3.05, 3.63) is 65.2 Å². The van der Waals surface area contributed by atoms with Crippen molar-refractivity contribution in [3.8, 4) is 0 Å². The molecular weight excluding hydrogens is 336 g/mol. The van der Waals surface area contributed by atoms with Crippen LogP contribution in [0.1, 0.15) is 16.7 Å². The number of hydrogen-bond acceptors (Lipinski definition) is 3. The molecule has 1 N–H and O–H groups in total. The number of hydrogen-bond donors (Lipinski definition) is 1. The minimum absolute atomic E-state index is 0.0282. The Kier molecular flexibility index (Phi) is 6.35. The summed E-state index contributed by atoms with van der Waals surface area (Å²) in [6, 6.07) is 16.9. The summed E-state index contributed by atoms with van der Waals surface area (Å²) in [5.74, 6) is 0. The summed E-state index contributed by atoms with van der Waals surface area (Å²) < 4.78 is 0. The Morgan fingerprint density at radius 2 is 1.70 bits per heavy atom. The van der Waals surface area contributed by atoms with Gasteiger partial charge < -0.3 is 15.1 Å². The molecule has 144 valence electrons. The normalized spacial score (nSPS) is 14.9. The van der Waals surface area contributed by atoms with Crippen LogP contribution in [-0.2, 0) is 13.1 Å². The van der Waals surface area contributed by atoms with Gasteiger partial charge >= 0.3 is 6.03 Å². The number of benzene rings is 2. The molecule has 1 aliphatic heterocycles. The molecule has 1 fully saturated rings. The van der Waals surface area contributed by atoms with Crippen LogP contribution in [0.25, 0.3) is 0 Å². The Morgan fingerprint density at radius 1 is 1.00 bits per heavy atom. The SMILES string of the molecule is Cc1cccc(CN2CCN(C(=O)NCc3cccc(N(C)C)c3)CC2)c1. The van der Waals surface area contributed by atoms with Crippen LogP contribution in [-0.4, -0.2) is 56.1 Å². The molecule has 1 heterocycles. The zero-order valence-electron chi connectivity index (χ0n) is 16.6. The van der Waals surface area contributed by atoms with Crippen LogP contribution < -0.4 is 10.2 Å². The first-order valence-electron chi connectivity index (χ1n) is 9.58. The third-order valence-electron chi connectivity index (χ3n) is 5.02. The van der Waals surface area contributed by atoms with E-state index in [1.54, 1.807) is 0 Å². The molecule has 0 aliphatic carbocycles. The Morgan fingerprint density at radius 3 is 2.41 bits per heavy atom. The van der Waals surface area contributed by atoms with Crippen LogP contribution in [0.2, 0.25) is 0 Å². The minimum atomic E-state index is 0.0282. The molecular formula is C22H30N4O. The topological polar surface area (TPSA) is 38.8 Å². The van der Waals surface area contributed by atoms with Crippen molar-refractivity contribution in [2.45, 2.75) is 20.0 Å². The van der Waals surface area contributed by atoms with Gasteiger partial charge in [-0.2, -0.15) is 0 Å². The zero-order chi connectivity index (χ0) is 19.2. The van der Waals surface area contributed by atoms with Gasteiger partial charge in [0.05, 0.1) is 0 Å². The van der Waals surface area contributed by atoms with Gasteiger partial charge in [0.2, 0.25) is 0 Å². The summed E-state index contributed by atoms with van der Waals surface area (Å²) in [5, 5.41) is 3.06. The van der Waals surface area contributed by atoms with Crippen molar-refractivity contribution in [3.63, 3.8) is 0 Å². The van der Waals surface area contributed by atoms with E-state index in [4.69, 9.17) is 0 Å². The summed E-state index contributed by atoms with van der Waals surface area (Å²) in [5.41, 5.74) is 4.90. The molecule has 0 radical (unpaired) electrons. The third-order valence-corrected chi connectivity index (χ3v) is 5.02. The highest BCUT2D eigenvalue weighted by molar-refractivity contribution is 5.74. The molecule has 5 heteroatoms. The first kappa shape index (κ1) is 19.2. The molecule has 27 heavy (non-hydrogen) atoms. The van der Waals surface area contributed by atoms with Gasteiger partial charge in [-0.3, -0.25) is 4.90 Å². The monoisotopic (exact) mass is 366 g/mol. The van der Waals surface area contributed by atoms with Gasteiger partial charge in [-0.05, 0) is 30.2 Å². The second-order valence-corrected chi connectivity index (χ2v) is 7.48. The average Bonchev–Trinajstić information content (AvgIpc) is 2.67. The number of anilines is 1. The van der Waals surface area contributed by atoms with Gasteiger partial charge in [0, 0.05) is 59.1 Å². The molecule has 3 rings (SSSR count). The lowest BCUT2D eigenvalue weighted by molar-refractivity contribution is 0.135. The molecule has 0 unspecified atom stereocenters. The maximum atomic E-state index is 12.5. The Labute approximate surface area is 162 Å². The van der Waals surface area contributed by atoms with E-state index in [0.29, 0.717) is 6.54 Å². The van der Waals surface area contributed by atoms with Gasteiger partial charge in [0.1, 0.15) is 0 Å². The predicted octanol–water partition coefficient (Wildman–Crippen LogP) is 3.09. The Bertz CT molecular complexity index is 766. The van der Waals surface area contributed by atoms with E-state index >= 15 is 0 Å². The number of rotatable bonds is 5. The van der Waals surface area contributed by atoms with E-state index in [2.05, 4.69) is 58.4 Å². The highest BCUT2D eigenvalue weighted by Gasteiger charge is 2.20. The van der Waals surface area contributed by atoms with E-state index < -0.39 is 0 Å². The van der Waals surface area contributed by atoms with Gasteiger partial charge in [0.15, 0.2) is 0 Å². The fourth-order valence-electron chi connectivity index (χ4n) is 3.41. The standard InChI is InChI=1S/C22H30N4O/c1-18-6-4-8-20(14-18)17-25-10-12-26(13-11-25)22(27)23-16-19-7-5-9-21(15-19)24(2)3/h4-9,14-15H,10-13,16-17H2,1-3H3,(H,23,27). The van der Waals surface area contributed by atoms with Crippen molar-refractivity contribution in [1.82, 2.24) is 15.1 Å². The van der Waals surface area contributed by atoms with Crippen molar-refractivity contribution < 1.29 is 4.79 Å². The number of carbonyl (C=O) groups excluding carboxylic acids is 1. The molecule has 1 saturated heterocycles. The van der Waals surface area contributed by atoms with Crippen molar-refractivity contribution in [2.75, 3.05) is 45.2 Å². The third kappa shape index (κ3) is 5.47. The number of carbonyl (C=O) groups is 1. The fourth-order valence-corrected chi connectivity index (χ4v) is 3.41. The molecule has 0 aromatic heterocycles. The molecule has 0 saturated carbocycles. The molecule has 2 aromatic rings.